The molecule has 3 fully saturated rings. The van der Waals surface area contributed by atoms with E-state index in [-0.39, 0.29) is 11.3 Å². The molecule has 26 heavy (non-hydrogen) atoms. The summed E-state index contributed by atoms with van der Waals surface area (Å²) in [6.07, 6.45) is 4.80. The SMILES string of the molecule is O=C(O)[C@H]1CC2(CCN(C(=O)c3ccccc3N3CCCC3)CC2)CN1. The number of anilines is 1. The van der Waals surface area contributed by atoms with Crippen LogP contribution in [0.2, 0.25) is 0 Å². The van der Waals surface area contributed by atoms with Gasteiger partial charge in [0, 0.05) is 38.4 Å². The number of para-hydroxylation sites is 1. The van der Waals surface area contributed by atoms with Crippen molar-refractivity contribution in [2.24, 2.45) is 5.41 Å². The Kier molecular flexibility index (Phi) is 4.61. The van der Waals surface area contributed by atoms with E-state index in [1.54, 1.807) is 0 Å². The van der Waals surface area contributed by atoms with Crippen molar-refractivity contribution < 1.29 is 14.7 Å². The lowest BCUT2D eigenvalue weighted by atomic mass is 9.76. The van der Waals surface area contributed by atoms with E-state index in [4.69, 9.17) is 0 Å². The molecule has 0 aliphatic carbocycles. The maximum absolute atomic E-state index is 13.1. The highest BCUT2D eigenvalue weighted by Gasteiger charge is 2.44. The molecular formula is C20H27N3O3. The molecule has 3 heterocycles. The molecule has 0 bridgehead atoms. The molecule has 140 valence electrons. The number of nitrogens with zero attached hydrogens (tertiary/aromatic N) is 2. The number of amides is 1. The van der Waals surface area contributed by atoms with Crippen molar-refractivity contribution in [1.82, 2.24) is 10.2 Å². The molecule has 2 N–H and O–H groups in total. The van der Waals surface area contributed by atoms with Gasteiger partial charge in [0.05, 0.1) is 5.56 Å². The number of likely N-dealkylation sites (tertiary alicyclic amines) is 1. The molecule has 4 rings (SSSR count). The quantitative estimate of drug-likeness (QED) is 0.865. The summed E-state index contributed by atoms with van der Waals surface area (Å²) >= 11 is 0. The first-order chi connectivity index (χ1) is 12.6. The summed E-state index contributed by atoms with van der Waals surface area (Å²) in [5, 5.41) is 12.3. The minimum Gasteiger partial charge on any atom is -0.480 e. The minimum absolute atomic E-state index is 0.0360. The van der Waals surface area contributed by atoms with Crippen LogP contribution in [0.4, 0.5) is 5.69 Å². The van der Waals surface area contributed by atoms with Gasteiger partial charge in [-0.05, 0) is 49.7 Å². The number of rotatable bonds is 3. The molecule has 6 heteroatoms. The summed E-state index contributed by atoms with van der Waals surface area (Å²) in [6.45, 7) is 4.21. The van der Waals surface area contributed by atoms with Gasteiger partial charge in [0.2, 0.25) is 0 Å². The van der Waals surface area contributed by atoms with Crippen molar-refractivity contribution in [2.75, 3.05) is 37.6 Å². The molecule has 0 aromatic heterocycles. The molecule has 0 saturated carbocycles. The van der Waals surface area contributed by atoms with Gasteiger partial charge in [-0.2, -0.15) is 0 Å². The second-order valence-corrected chi connectivity index (χ2v) is 7.98. The Morgan fingerprint density at radius 3 is 2.42 bits per heavy atom. The first kappa shape index (κ1) is 17.3. The lowest BCUT2D eigenvalue weighted by Crippen LogP contribution is -2.44. The minimum atomic E-state index is -0.764. The highest BCUT2D eigenvalue weighted by molar-refractivity contribution is 6.00. The average Bonchev–Trinajstić information content (AvgIpc) is 3.33. The number of aliphatic carboxylic acids is 1. The maximum Gasteiger partial charge on any atom is 0.320 e. The third-order valence-electron chi connectivity index (χ3n) is 6.35. The van der Waals surface area contributed by atoms with Gasteiger partial charge in [0.25, 0.3) is 5.91 Å². The summed E-state index contributed by atoms with van der Waals surface area (Å²) in [6, 6.07) is 7.51. The van der Waals surface area contributed by atoms with Crippen LogP contribution >= 0.6 is 0 Å². The molecule has 1 aromatic rings. The highest BCUT2D eigenvalue weighted by Crippen LogP contribution is 2.40. The standard InChI is InChI=1S/C20H27N3O3/c24-18(15-5-1-2-6-17(15)22-9-3-4-10-22)23-11-7-20(8-12-23)13-16(19(25)26)21-14-20/h1-2,5-6,16,21H,3-4,7-14H2,(H,25,26)/t16-/m1/s1. The molecule has 0 unspecified atom stereocenters. The summed E-state index contributed by atoms with van der Waals surface area (Å²) in [5.74, 6) is -0.650. The van der Waals surface area contributed by atoms with Crippen LogP contribution in [0.15, 0.2) is 24.3 Å². The number of carbonyl (C=O) groups is 2. The molecular weight excluding hydrogens is 330 g/mol. The van der Waals surface area contributed by atoms with Gasteiger partial charge in [-0.1, -0.05) is 12.1 Å². The maximum atomic E-state index is 13.1. The number of hydrogen-bond donors (Lipinski definition) is 2. The van der Waals surface area contributed by atoms with E-state index >= 15 is 0 Å². The molecule has 1 amide bonds. The highest BCUT2D eigenvalue weighted by atomic mass is 16.4. The largest absolute Gasteiger partial charge is 0.480 e. The molecule has 1 aromatic carbocycles. The number of piperidine rings is 1. The van der Waals surface area contributed by atoms with E-state index in [2.05, 4.69) is 16.3 Å². The fourth-order valence-corrected chi connectivity index (χ4v) is 4.72. The zero-order valence-electron chi connectivity index (χ0n) is 15.1. The predicted molar refractivity (Wildman–Crippen MR) is 99.5 cm³/mol. The molecule has 3 saturated heterocycles. The van der Waals surface area contributed by atoms with Gasteiger partial charge < -0.3 is 20.2 Å². The van der Waals surface area contributed by atoms with Crippen molar-refractivity contribution >= 4 is 17.6 Å². The second kappa shape index (κ2) is 6.91. The Hall–Kier alpha value is -2.08. The lowest BCUT2D eigenvalue weighted by Gasteiger charge is -2.39. The van der Waals surface area contributed by atoms with Gasteiger partial charge in [-0.15, -0.1) is 0 Å². The molecule has 6 nitrogen and oxygen atoms in total. The van der Waals surface area contributed by atoms with Gasteiger partial charge in [-0.3, -0.25) is 9.59 Å². The zero-order chi connectivity index (χ0) is 18.1. The van der Waals surface area contributed by atoms with Crippen LogP contribution in [0.3, 0.4) is 0 Å². The van der Waals surface area contributed by atoms with E-state index in [0.717, 1.165) is 43.7 Å². The van der Waals surface area contributed by atoms with Crippen molar-refractivity contribution in [2.45, 2.75) is 38.1 Å². The van der Waals surface area contributed by atoms with E-state index in [9.17, 15) is 14.7 Å². The third kappa shape index (κ3) is 3.18. The van der Waals surface area contributed by atoms with Gasteiger partial charge in [-0.25, -0.2) is 0 Å². The summed E-state index contributed by atoms with van der Waals surface area (Å²) < 4.78 is 0. The van der Waals surface area contributed by atoms with Gasteiger partial charge in [0.1, 0.15) is 6.04 Å². The number of carboxylic acid groups (broad SMARTS) is 1. The number of benzene rings is 1. The normalized spacial score (nSPS) is 25.0. The van der Waals surface area contributed by atoms with Gasteiger partial charge >= 0.3 is 5.97 Å². The lowest BCUT2D eigenvalue weighted by molar-refractivity contribution is -0.139. The Morgan fingerprint density at radius 2 is 1.77 bits per heavy atom. The molecule has 1 spiro atoms. The average molecular weight is 357 g/mol. The molecule has 1 atom stereocenters. The van der Waals surface area contributed by atoms with Crippen molar-refractivity contribution in [3.63, 3.8) is 0 Å². The topological polar surface area (TPSA) is 72.9 Å². The monoisotopic (exact) mass is 357 g/mol. The van der Waals surface area contributed by atoms with Crippen LogP contribution < -0.4 is 10.2 Å². The molecule has 3 aliphatic rings. The smallest absolute Gasteiger partial charge is 0.320 e. The summed E-state index contributed by atoms with van der Waals surface area (Å²) in [5.41, 5.74) is 1.90. The van der Waals surface area contributed by atoms with E-state index in [1.165, 1.54) is 12.8 Å². The van der Waals surface area contributed by atoms with E-state index in [0.29, 0.717) is 19.5 Å². The first-order valence-electron chi connectivity index (χ1n) is 9.67. The van der Waals surface area contributed by atoms with Crippen molar-refractivity contribution in [3.8, 4) is 0 Å². The Bertz CT molecular complexity index is 691. The number of carbonyl (C=O) groups excluding carboxylic acids is 1. The Morgan fingerprint density at radius 1 is 1.08 bits per heavy atom. The fraction of sp³-hybridized carbons (Fsp3) is 0.600. The number of hydrogen-bond acceptors (Lipinski definition) is 4. The van der Waals surface area contributed by atoms with E-state index in [1.807, 2.05) is 23.1 Å². The van der Waals surface area contributed by atoms with Crippen LogP contribution in [-0.4, -0.2) is 60.6 Å². The Labute approximate surface area is 154 Å². The number of nitrogens with one attached hydrogen (secondary N) is 1. The zero-order valence-corrected chi connectivity index (χ0v) is 15.1. The van der Waals surface area contributed by atoms with Crippen molar-refractivity contribution in [3.05, 3.63) is 29.8 Å². The fourth-order valence-electron chi connectivity index (χ4n) is 4.72. The van der Waals surface area contributed by atoms with Crippen LogP contribution in [0.1, 0.15) is 42.5 Å². The van der Waals surface area contributed by atoms with Crippen LogP contribution in [-0.2, 0) is 4.79 Å². The van der Waals surface area contributed by atoms with Crippen LogP contribution in [0.5, 0.6) is 0 Å². The summed E-state index contributed by atoms with van der Waals surface area (Å²) in [4.78, 5) is 28.6. The molecule has 0 radical (unpaired) electrons. The predicted octanol–water partition coefficient (Wildman–Crippen LogP) is 1.96. The Balaban J connectivity index is 1.44. The first-order valence-corrected chi connectivity index (χ1v) is 9.67. The van der Waals surface area contributed by atoms with Crippen molar-refractivity contribution in [1.29, 1.82) is 0 Å². The molecule has 3 aliphatic heterocycles. The van der Waals surface area contributed by atoms with E-state index < -0.39 is 12.0 Å². The number of carboxylic acids is 1. The van der Waals surface area contributed by atoms with Crippen LogP contribution in [0, 0.1) is 5.41 Å². The second-order valence-electron chi connectivity index (χ2n) is 7.98. The van der Waals surface area contributed by atoms with Gasteiger partial charge in [0.15, 0.2) is 0 Å². The third-order valence-corrected chi connectivity index (χ3v) is 6.35. The van der Waals surface area contributed by atoms with Crippen LogP contribution in [0.25, 0.3) is 0 Å². The summed E-state index contributed by atoms with van der Waals surface area (Å²) in [7, 11) is 0.